The zero-order chi connectivity index (χ0) is 12.8. The van der Waals surface area contributed by atoms with Crippen molar-refractivity contribution in [2.45, 2.75) is 20.0 Å². The van der Waals surface area contributed by atoms with Gasteiger partial charge in [0, 0.05) is 18.4 Å². The Kier molecular flexibility index (Phi) is 5.18. The predicted octanol–water partition coefficient (Wildman–Crippen LogP) is 1.82. The third-order valence-corrected chi connectivity index (χ3v) is 2.38. The molecule has 0 radical (unpaired) electrons. The highest BCUT2D eigenvalue weighted by Gasteiger charge is 2.13. The molecule has 0 spiro atoms. The van der Waals surface area contributed by atoms with Crippen LogP contribution in [-0.4, -0.2) is 30.1 Å². The molecule has 1 rings (SSSR count). The number of hydrogen-bond acceptors (Lipinski definition) is 4. The van der Waals surface area contributed by atoms with Crippen LogP contribution in [0.25, 0.3) is 0 Å². The van der Waals surface area contributed by atoms with Gasteiger partial charge in [-0.05, 0) is 19.9 Å². The zero-order valence-electron chi connectivity index (χ0n) is 9.87. The van der Waals surface area contributed by atoms with Gasteiger partial charge < -0.3 is 15.2 Å². The van der Waals surface area contributed by atoms with Crippen LogP contribution in [0.1, 0.15) is 19.4 Å². The minimum Gasteiger partial charge on any atom is -0.471 e. The molecule has 6 heteroatoms. The van der Waals surface area contributed by atoms with E-state index in [1.54, 1.807) is 6.07 Å². The average Bonchev–Trinajstić information content (AvgIpc) is 2.28. The van der Waals surface area contributed by atoms with E-state index in [2.05, 4.69) is 4.98 Å². The molecule has 0 saturated heterocycles. The number of nitrogens with zero attached hydrogens (tertiary/aromatic N) is 1. The molecule has 3 N–H and O–H groups in total. The van der Waals surface area contributed by atoms with Gasteiger partial charge in [0.1, 0.15) is 17.0 Å². The number of rotatable bonds is 6. The fraction of sp³-hybridized carbons (Fsp3) is 0.455. The lowest BCUT2D eigenvalue weighted by Gasteiger charge is -2.15. The molecule has 1 aromatic rings. The maximum absolute atomic E-state index is 7.35. The van der Waals surface area contributed by atoms with Crippen molar-refractivity contribution in [1.29, 1.82) is 5.41 Å². The third-order valence-electron chi connectivity index (χ3n) is 2.02. The van der Waals surface area contributed by atoms with Crippen molar-refractivity contribution >= 4 is 17.4 Å². The molecule has 1 aromatic heterocycles. The molecular weight excluding hydrogens is 242 g/mol. The van der Waals surface area contributed by atoms with E-state index in [0.29, 0.717) is 18.8 Å². The maximum Gasteiger partial charge on any atom is 0.233 e. The van der Waals surface area contributed by atoms with Crippen molar-refractivity contribution in [1.82, 2.24) is 4.98 Å². The van der Waals surface area contributed by atoms with Crippen LogP contribution in [0.4, 0.5) is 0 Å². The first kappa shape index (κ1) is 13.7. The summed E-state index contributed by atoms with van der Waals surface area (Å²) < 4.78 is 10.7. The largest absolute Gasteiger partial charge is 0.471 e. The van der Waals surface area contributed by atoms with Crippen LogP contribution in [0.3, 0.4) is 0 Å². The lowest BCUT2D eigenvalue weighted by Crippen LogP contribution is -2.20. The summed E-state index contributed by atoms with van der Waals surface area (Å²) in [6, 6.07) is 1.57. The fourth-order valence-electron chi connectivity index (χ4n) is 1.22. The van der Waals surface area contributed by atoms with E-state index in [9.17, 15) is 0 Å². The molecule has 1 unspecified atom stereocenters. The van der Waals surface area contributed by atoms with E-state index in [0.717, 1.165) is 0 Å². The third kappa shape index (κ3) is 3.87. The second kappa shape index (κ2) is 6.42. The Morgan fingerprint density at radius 3 is 2.94 bits per heavy atom. The summed E-state index contributed by atoms with van der Waals surface area (Å²) >= 11 is 6.03. The van der Waals surface area contributed by atoms with Gasteiger partial charge in [-0.25, -0.2) is 4.98 Å². The van der Waals surface area contributed by atoms with Gasteiger partial charge >= 0.3 is 0 Å². The molecule has 1 atom stereocenters. The highest BCUT2D eigenvalue weighted by molar-refractivity contribution is 6.35. The fourth-order valence-corrected chi connectivity index (χ4v) is 1.48. The smallest absolute Gasteiger partial charge is 0.233 e. The highest BCUT2D eigenvalue weighted by atomic mass is 35.5. The van der Waals surface area contributed by atoms with Crippen molar-refractivity contribution < 1.29 is 9.47 Å². The second-order valence-corrected chi connectivity index (χ2v) is 3.86. The Bertz CT molecular complexity index is 398. The number of nitrogens with one attached hydrogen (secondary N) is 1. The Hall–Kier alpha value is -1.33. The highest BCUT2D eigenvalue weighted by Crippen LogP contribution is 2.26. The van der Waals surface area contributed by atoms with Gasteiger partial charge in [0.25, 0.3) is 0 Å². The number of hydrogen-bond donors (Lipinski definition) is 2. The minimum absolute atomic E-state index is 0.111. The van der Waals surface area contributed by atoms with Gasteiger partial charge in [-0.2, -0.15) is 0 Å². The molecule has 17 heavy (non-hydrogen) atoms. The van der Waals surface area contributed by atoms with E-state index in [-0.39, 0.29) is 22.8 Å². The number of nitrogens with two attached hydrogens (primary N) is 1. The lowest BCUT2D eigenvalue weighted by molar-refractivity contribution is 0.0634. The van der Waals surface area contributed by atoms with E-state index < -0.39 is 0 Å². The predicted molar refractivity (Wildman–Crippen MR) is 66.8 cm³/mol. The van der Waals surface area contributed by atoms with Crippen LogP contribution < -0.4 is 10.5 Å². The molecule has 1 heterocycles. The van der Waals surface area contributed by atoms with Gasteiger partial charge in [-0.3, -0.25) is 5.41 Å². The SMILES string of the molecule is CCOCC(C)Oc1nccc(C(=N)N)c1Cl. The van der Waals surface area contributed by atoms with E-state index in [1.807, 2.05) is 13.8 Å². The number of ether oxygens (including phenoxy) is 2. The zero-order valence-corrected chi connectivity index (χ0v) is 10.6. The van der Waals surface area contributed by atoms with Gasteiger partial charge in [0.15, 0.2) is 0 Å². The van der Waals surface area contributed by atoms with E-state index >= 15 is 0 Å². The van der Waals surface area contributed by atoms with Crippen LogP contribution in [-0.2, 0) is 4.74 Å². The number of halogens is 1. The summed E-state index contributed by atoms with van der Waals surface area (Å²) in [5.41, 5.74) is 5.80. The number of amidine groups is 1. The number of pyridine rings is 1. The van der Waals surface area contributed by atoms with Gasteiger partial charge in [0.2, 0.25) is 5.88 Å². The van der Waals surface area contributed by atoms with Crippen molar-refractivity contribution in [3.05, 3.63) is 22.8 Å². The quantitative estimate of drug-likeness (QED) is 0.602. The first-order chi connectivity index (χ1) is 8.06. The first-order valence-corrected chi connectivity index (χ1v) is 5.67. The Morgan fingerprint density at radius 1 is 1.65 bits per heavy atom. The van der Waals surface area contributed by atoms with Crippen molar-refractivity contribution in [3.8, 4) is 5.88 Å². The average molecular weight is 258 g/mol. The maximum atomic E-state index is 7.35. The normalized spacial score (nSPS) is 12.2. The Balaban J connectivity index is 2.77. The summed E-state index contributed by atoms with van der Waals surface area (Å²) in [5, 5.41) is 7.60. The van der Waals surface area contributed by atoms with Crippen molar-refractivity contribution in [3.63, 3.8) is 0 Å². The van der Waals surface area contributed by atoms with Crippen LogP contribution in [0.15, 0.2) is 12.3 Å². The Labute approximate surface area is 105 Å². The van der Waals surface area contributed by atoms with Gasteiger partial charge in [0.05, 0.1) is 6.61 Å². The Morgan fingerprint density at radius 2 is 2.35 bits per heavy atom. The monoisotopic (exact) mass is 257 g/mol. The topological polar surface area (TPSA) is 81.2 Å². The van der Waals surface area contributed by atoms with Crippen LogP contribution >= 0.6 is 11.6 Å². The molecule has 0 amide bonds. The van der Waals surface area contributed by atoms with Crippen LogP contribution in [0.5, 0.6) is 5.88 Å². The number of aromatic nitrogens is 1. The van der Waals surface area contributed by atoms with E-state index in [4.69, 9.17) is 32.2 Å². The molecule has 0 saturated carbocycles. The molecule has 0 bridgehead atoms. The molecule has 0 fully saturated rings. The lowest BCUT2D eigenvalue weighted by atomic mass is 10.2. The molecule has 94 valence electrons. The summed E-state index contributed by atoms with van der Waals surface area (Å²) in [7, 11) is 0. The van der Waals surface area contributed by atoms with Gasteiger partial charge in [-0.1, -0.05) is 11.6 Å². The molecular formula is C11H16ClN3O2. The van der Waals surface area contributed by atoms with Gasteiger partial charge in [-0.15, -0.1) is 0 Å². The van der Waals surface area contributed by atoms with Crippen LogP contribution in [0.2, 0.25) is 5.02 Å². The molecule has 0 aromatic carbocycles. The molecule has 0 aliphatic heterocycles. The summed E-state index contributed by atoms with van der Waals surface area (Å²) in [6.07, 6.45) is 1.34. The molecule has 0 aliphatic carbocycles. The van der Waals surface area contributed by atoms with E-state index in [1.165, 1.54) is 6.20 Å². The summed E-state index contributed by atoms with van der Waals surface area (Å²) in [5.74, 6) is 0.159. The summed E-state index contributed by atoms with van der Waals surface area (Å²) in [6.45, 7) is 4.85. The van der Waals surface area contributed by atoms with Crippen LogP contribution in [0, 0.1) is 5.41 Å². The molecule has 0 aliphatic rings. The second-order valence-electron chi connectivity index (χ2n) is 3.48. The minimum atomic E-state index is -0.165. The van der Waals surface area contributed by atoms with Crippen molar-refractivity contribution in [2.75, 3.05) is 13.2 Å². The molecule has 5 nitrogen and oxygen atoms in total. The number of nitrogen functional groups attached to an aromatic ring is 1. The first-order valence-electron chi connectivity index (χ1n) is 5.29. The van der Waals surface area contributed by atoms with Crippen molar-refractivity contribution in [2.24, 2.45) is 5.73 Å². The standard InChI is InChI=1S/C11H16ClN3O2/c1-3-16-6-7(2)17-11-9(12)8(10(13)14)4-5-15-11/h4-5,7H,3,6H2,1-2H3,(H3,13,14). The summed E-state index contributed by atoms with van der Waals surface area (Å²) in [4.78, 5) is 4.01.